The van der Waals surface area contributed by atoms with Gasteiger partial charge in [-0.15, -0.1) is 0 Å². The molecular weight excluding hydrogens is 348 g/mol. The number of hydrogen-bond acceptors (Lipinski definition) is 3. The van der Waals surface area contributed by atoms with E-state index in [2.05, 4.69) is 20.7 Å². The zero-order chi connectivity index (χ0) is 15.6. The van der Waals surface area contributed by atoms with Gasteiger partial charge in [-0.05, 0) is 36.6 Å². The van der Waals surface area contributed by atoms with Crippen molar-refractivity contribution < 1.29 is 23.4 Å². The van der Waals surface area contributed by atoms with Crippen LogP contribution in [0.25, 0.3) is 0 Å². The van der Waals surface area contributed by atoms with Crippen molar-refractivity contribution in [3.05, 3.63) is 28.7 Å². The van der Waals surface area contributed by atoms with Gasteiger partial charge in [0, 0.05) is 17.6 Å². The van der Waals surface area contributed by atoms with Crippen molar-refractivity contribution in [2.45, 2.75) is 25.6 Å². The van der Waals surface area contributed by atoms with Gasteiger partial charge in [-0.25, -0.2) is 0 Å². The molecule has 0 saturated carbocycles. The highest BCUT2D eigenvalue weighted by molar-refractivity contribution is 9.10. The number of rotatable bonds is 3. The molecular formula is C14H16BrF2NO3. The number of β-amino-alcohol motifs (C(OH)–C–C–N with tert-alkyl or cyclic N) is 1. The fourth-order valence-corrected chi connectivity index (χ4v) is 2.63. The van der Waals surface area contributed by atoms with Crippen molar-refractivity contribution >= 4 is 21.8 Å². The number of nitrogens with zero attached hydrogens (tertiary/aromatic N) is 1. The van der Waals surface area contributed by atoms with Crippen LogP contribution in [0.3, 0.4) is 0 Å². The molecule has 7 heteroatoms. The second kappa shape index (κ2) is 6.27. The first kappa shape index (κ1) is 16.2. The summed E-state index contributed by atoms with van der Waals surface area (Å²) in [7, 11) is 0. The number of carbonyl (C=O) groups is 1. The number of amides is 1. The summed E-state index contributed by atoms with van der Waals surface area (Å²) in [6, 6.07) is 5.78. The number of ether oxygens (including phenoxy) is 1. The topological polar surface area (TPSA) is 49.8 Å². The van der Waals surface area contributed by atoms with Crippen molar-refractivity contribution in [1.29, 1.82) is 0 Å². The summed E-state index contributed by atoms with van der Waals surface area (Å²) < 4.78 is 33.1. The minimum atomic E-state index is -3.95. The molecule has 1 aromatic carbocycles. The van der Waals surface area contributed by atoms with Crippen LogP contribution in [0.15, 0.2) is 28.7 Å². The number of aliphatic hydroxyl groups is 1. The van der Waals surface area contributed by atoms with Gasteiger partial charge in [0.15, 0.2) is 0 Å². The molecule has 1 aliphatic heterocycles. The fraction of sp³-hybridized carbons (Fsp3) is 0.500. The average Bonchev–Trinajstić information content (AvgIpc) is 2.39. The SMILES string of the molecule is C[C@@H]1C[C@@H](O)CN(C(=O)C(F)(F)Oc2ccc(Br)cc2)C1. The molecule has 21 heavy (non-hydrogen) atoms. The zero-order valence-corrected chi connectivity index (χ0v) is 13.0. The van der Waals surface area contributed by atoms with Crippen LogP contribution in [0, 0.1) is 5.92 Å². The number of hydrogen-bond donors (Lipinski definition) is 1. The Morgan fingerprint density at radius 3 is 2.57 bits per heavy atom. The van der Waals surface area contributed by atoms with E-state index in [1.807, 2.05) is 0 Å². The molecule has 1 aromatic rings. The van der Waals surface area contributed by atoms with Crippen molar-refractivity contribution in [3.63, 3.8) is 0 Å². The summed E-state index contributed by atoms with van der Waals surface area (Å²) in [5.41, 5.74) is 0. The molecule has 0 bridgehead atoms. The summed E-state index contributed by atoms with van der Waals surface area (Å²) in [5.74, 6) is -1.54. The maximum atomic E-state index is 13.9. The van der Waals surface area contributed by atoms with E-state index in [9.17, 15) is 18.7 Å². The Balaban J connectivity index is 2.07. The van der Waals surface area contributed by atoms with Crippen LogP contribution in [-0.2, 0) is 4.79 Å². The van der Waals surface area contributed by atoms with Gasteiger partial charge in [-0.2, -0.15) is 8.78 Å². The van der Waals surface area contributed by atoms with Crippen LogP contribution in [0.5, 0.6) is 5.75 Å². The third kappa shape index (κ3) is 4.14. The van der Waals surface area contributed by atoms with Crippen molar-refractivity contribution in [1.82, 2.24) is 4.90 Å². The van der Waals surface area contributed by atoms with Crippen LogP contribution >= 0.6 is 15.9 Å². The smallest absolute Gasteiger partial charge is 0.425 e. The number of alkyl halides is 2. The Bertz CT molecular complexity index is 499. The van der Waals surface area contributed by atoms with E-state index < -0.39 is 18.1 Å². The van der Waals surface area contributed by atoms with Gasteiger partial charge in [0.05, 0.1) is 6.10 Å². The van der Waals surface area contributed by atoms with Crippen molar-refractivity contribution in [2.24, 2.45) is 5.92 Å². The molecule has 0 radical (unpaired) electrons. The van der Waals surface area contributed by atoms with Gasteiger partial charge < -0.3 is 14.7 Å². The van der Waals surface area contributed by atoms with Gasteiger partial charge in [0.1, 0.15) is 5.75 Å². The standard InChI is InChI=1S/C14H16BrF2NO3/c1-9-6-11(19)8-18(7-9)13(20)14(16,17)21-12-4-2-10(15)3-5-12/h2-5,9,11,19H,6-8H2,1H3/t9-,11-/m1/s1. The molecule has 1 N–H and O–H groups in total. The zero-order valence-electron chi connectivity index (χ0n) is 11.4. The van der Waals surface area contributed by atoms with Crippen LogP contribution in [0.1, 0.15) is 13.3 Å². The Morgan fingerprint density at radius 1 is 1.38 bits per heavy atom. The Hall–Kier alpha value is -1.21. The van der Waals surface area contributed by atoms with E-state index in [4.69, 9.17) is 0 Å². The highest BCUT2D eigenvalue weighted by atomic mass is 79.9. The maximum Gasteiger partial charge on any atom is 0.482 e. The highest BCUT2D eigenvalue weighted by Gasteiger charge is 2.47. The number of likely N-dealkylation sites (tertiary alicyclic amines) is 1. The van der Waals surface area contributed by atoms with E-state index in [0.29, 0.717) is 6.42 Å². The molecule has 1 aliphatic rings. The lowest BCUT2D eigenvalue weighted by molar-refractivity contribution is -0.206. The molecule has 0 aromatic heterocycles. The van der Waals surface area contributed by atoms with Crippen LogP contribution in [-0.4, -0.2) is 41.2 Å². The lowest BCUT2D eigenvalue weighted by atomic mass is 9.98. The molecule has 1 heterocycles. The summed E-state index contributed by atoms with van der Waals surface area (Å²) in [5, 5.41) is 9.60. The first-order valence-corrected chi connectivity index (χ1v) is 7.37. The van der Waals surface area contributed by atoms with Gasteiger partial charge in [0.25, 0.3) is 0 Å². The number of carbonyl (C=O) groups excluding carboxylic acids is 1. The van der Waals surface area contributed by atoms with E-state index >= 15 is 0 Å². The third-order valence-corrected chi connectivity index (χ3v) is 3.76. The molecule has 116 valence electrons. The number of benzene rings is 1. The van der Waals surface area contributed by atoms with Crippen LogP contribution < -0.4 is 4.74 Å². The minimum Gasteiger partial charge on any atom is -0.425 e. The summed E-state index contributed by atoms with van der Waals surface area (Å²) in [6.45, 7) is 1.90. The second-order valence-corrected chi connectivity index (χ2v) is 6.19. The minimum absolute atomic E-state index is 0.0267. The average molecular weight is 364 g/mol. The monoisotopic (exact) mass is 363 g/mol. The molecule has 1 saturated heterocycles. The quantitative estimate of drug-likeness (QED) is 0.897. The summed E-state index contributed by atoms with van der Waals surface area (Å²) in [6.07, 6.45) is -4.23. The first-order chi connectivity index (χ1) is 9.78. The molecule has 0 spiro atoms. The molecule has 1 fully saturated rings. The molecule has 0 unspecified atom stereocenters. The Kier molecular flexibility index (Phi) is 4.83. The predicted molar refractivity (Wildman–Crippen MR) is 76.1 cm³/mol. The van der Waals surface area contributed by atoms with Gasteiger partial charge in [-0.1, -0.05) is 22.9 Å². The van der Waals surface area contributed by atoms with E-state index in [1.54, 1.807) is 19.1 Å². The predicted octanol–water partition coefficient (Wildman–Crippen LogP) is 2.65. The van der Waals surface area contributed by atoms with E-state index in [-0.39, 0.29) is 24.8 Å². The Labute approximate surface area is 129 Å². The molecule has 0 aliphatic carbocycles. The molecule has 1 amide bonds. The molecule has 2 atom stereocenters. The van der Waals surface area contributed by atoms with Gasteiger partial charge in [-0.3, -0.25) is 4.79 Å². The third-order valence-electron chi connectivity index (χ3n) is 3.23. The highest BCUT2D eigenvalue weighted by Crippen LogP contribution is 2.27. The largest absolute Gasteiger partial charge is 0.482 e. The number of piperidine rings is 1. The van der Waals surface area contributed by atoms with Crippen LogP contribution in [0.4, 0.5) is 8.78 Å². The molecule has 2 rings (SSSR count). The summed E-state index contributed by atoms with van der Waals surface area (Å²) >= 11 is 3.18. The van der Waals surface area contributed by atoms with Crippen molar-refractivity contribution in [3.8, 4) is 5.75 Å². The normalized spacial score (nSPS) is 23.0. The van der Waals surface area contributed by atoms with Crippen molar-refractivity contribution in [2.75, 3.05) is 13.1 Å². The first-order valence-electron chi connectivity index (χ1n) is 6.58. The van der Waals surface area contributed by atoms with E-state index in [0.717, 1.165) is 9.37 Å². The van der Waals surface area contributed by atoms with Crippen LogP contribution in [0.2, 0.25) is 0 Å². The van der Waals surface area contributed by atoms with Gasteiger partial charge in [0.2, 0.25) is 0 Å². The maximum absolute atomic E-state index is 13.9. The lowest BCUT2D eigenvalue weighted by Crippen LogP contribution is -2.53. The number of aliphatic hydroxyl groups excluding tert-OH is 1. The number of halogens is 3. The lowest BCUT2D eigenvalue weighted by Gasteiger charge is -2.35. The fourth-order valence-electron chi connectivity index (χ4n) is 2.36. The second-order valence-electron chi connectivity index (χ2n) is 5.28. The Morgan fingerprint density at radius 2 is 2.00 bits per heavy atom. The van der Waals surface area contributed by atoms with E-state index in [1.165, 1.54) is 12.1 Å². The summed E-state index contributed by atoms with van der Waals surface area (Å²) in [4.78, 5) is 12.9. The molecule has 4 nitrogen and oxygen atoms in total. The van der Waals surface area contributed by atoms with Gasteiger partial charge >= 0.3 is 12.0 Å².